The minimum Gasteiger partial charge on any atom is -0.496 e. The van der Waals surface area contributed by atoms with Crippen LogP contribution < -0.4 is 19.9 Å². The number of hydrogen-bond donors (Lipinski definition) is 0. The lowest BCUT2D eigenvalue weighted by atomic mass is 10.1. The summed E-state index contributed by atoms with van der Waals surface area (Å²) in [5, 5.41) is 0. The zero-order chi connectivity index (χ0) is 22.5. The summed E-state index contributed by atoms with van der Waals surface area (Å²) < 4.78 is 12.1. The van der Waals surface area contributed by atoms with Crippen LogP contribution in [0, 0.1) is 0 Å². The third-order valence-corrected chi connectivity index (χ3v) is 5.63. The second-order valence-electron chi connectivity index (χ2n) is 7.48. The molecule has 0 radical (unpaired) electrons. The van der Waals surface area contributed by atoms with Crippen molar-refractivity contribution < 1.29 is 14.3 Å². The third kappa shape index (κ3) is 4.44. The maximum absolute atomic E-state index is 12.8. The molecule has 0 unspecified atom stereocenters. The van der Waals surface area contributed by atoms with E-state index in [4.69, 9.17) is 9.47 Å². The molecule has 2 aromatic carbocycles. The molecule has 1 amide bonds. The van der Waals surface area contributed by atoms with Crippen LogP contribution in [0.3, 0.4) is 0 Å². The van der Waals surface area contributed by atoms with Crippen LogP contribution in [-0.2, 0) is 11.3 Å². The van der Waals surface area contributed by atoms with E-state index in [0.29, 0.717) is 37.6 Å². The number of aromatic nitrogens is 2. The Hall–Kier alpha value is -3.81. The van der Waals surface area contributed by atoms with Crippen LogP contribution in [0.5, 0.6) is 11.5 Å². The average Bonchev–Trinajstić information content (AvgIpc) is 2.85. The highest BCUT2D eigenvalue weighted by molar-refractivity contribution is 5.76. The van der Waals surface area contributed by atoms with E-state index >= 15 is 0 Å². The van der Waals surface area contributed by atoms with Crippen molar-refractivity contribution in [2.24, 2.45) is 0 Å². The molecule has 1 saturated heterocycles. The standard InChI is InChI=1S/C24H26N4O4/c1-31-21-9-5-3-7-18(21)19-15-23(29)28(17-25-19)16-24(30)27-13-11-26(12-14-27)20-8-4-6-10-22(20)32-2/h3-10,15,17H,11-14,16H2,1-2H3. The summed E-state index contributed by atoms with van der Waals surface area (Å²) >= 11 is 0. The number of hydrogen-bond acceptors (Lipinski definition) is 6. The molecule has 0 saturated carbocycles. The maximum atomic E-state index is 12.8. The second kappa shape index (κ2) is 9.55. The summed E-state index contributed by atoms with van der Waals surface area (Å²) in [6.45, 7) is 2.53. The van der Waals surface area contributed by atoms with Gasteiger partial charge in [0.2, 0.25) is 5.91 Å². The lowest BCUT2D eigenvalue weighted by Crippen LogP contribution is -2.50. The Morgan fingerprint density at radius 3 is 2.28 bits per heavy atom. The Morgan fingerprint density at radius 1 is 0.938 bits per heavy atom. The van der Waals surface area contributed by atoms with Crippen LogP contribution >= 0.6 is 0 Å². The van der Waals surface area contributed by atoms with Crippen LogP contribution in [0.25, 0.3) is 11.3 Å². The molecule has 0 N–H and O–H groups in total. The fraction of sp³-hybridized carbons (Fsp3) is 0.292. The first-order valence-electron chi connectivity index (χ1n) is 10.5. The predicted octanol–water partition coefficient (Wildman–Crippen LogP) is 2.28. The first-order chi connectivity index (χ1) is 15.6. The first-order valence-corrected chi connectivity index (χ1v) is 10.5. The third-order valence-electron chi connectivity index (χ3n) is 5.63. The molecule has 3 aromatic rings. The highest BCUT2D eigenvalue weighted by atomic mass is 16.5. The number of carbonyl (C=O) groups is 1. The molecule has 2 heterocycles. The molecule has 1 aliphatic heterocycles. The Morgan fingerprint density at radius 2 is 1.59 bits per heavy atom. The van der Waals surface area contributed by atoms with Crippen LogP contribution in [0.2, 0.25) is 0 Å². The second-order valence-corrected chi connectivity index (χ2v) is 7.48. The van der Waals surface area contributed by atoms with Crippen LogP contribution in [0.1, 0.15) is 0 Å². The van der Waals surface area contributed by atoms with Crippen molar-refractivity contribution in [1.29, 1.82) is 0 Å². The number of para-hydroxylation sites is 3. The summed E-state index contributed by atoms with van der Waals surface area (Å²) in [6.07, 6.45) is 1.42. The Kier molecular flexibility index (Phi) is 6.39. The van der Waals surface area contributed by atoms with E-state index in [-0.39, 0.29) is 18.0 Å². The van der Waals surface area contributed by atoms with Gasteiger partial charge in [-0.25, -0.2) is 4.98 Å². The van der Waals surface area contributed by atoms with Gasteiger partial charge in [0, 0.05) is 37.8 Å². The summed E-state index contributed by atoms with van der Waals surface area (Å²) in [5.74, 6) is 1.36. The molecule has 8 nitrogen and oxygen atoms in total. The van der Waals surface area contributed by atoms with Crippen molar-refractivity contribution in [3.63, 3.8) is 0 Å². The van der Waals surface area contributed by atoms with E-state index < -0.39 is 0 Å². The van der Waals surface area contributed by atoms with Gasteiger partial charge in [0.1, 0.15) is 18.0 Å². The summed E-state index contributed by atoms with van der Waals surface area (Å²) in [6, 6.07) is 16.7. The first kappa shape index (κ1) is 21.4. The van der Waals surface area contributed by atoms with E-state index in [0.717, 1.165) is 17.0 Å². The molecule has 0 aliphatic carbocycles. The smallest absolute Gasteiger partial charge is 0.254 e. The lowest BCUT2D eigenvalue weighted by Gasteiger charge is -2.36. The van der Waals surface area contributed by atoms with Gasteiger partial charge in [0.25, 0.3) is 5.56 Å². The summed E-state index contributed by atoms with van der Waals surface area (Å²) in [7, 11) is 3.23. The van der Waals surface area contributed by atoms with E-state index in [1.807, 2.05) is 48.5 Å². The van der Waals surface area contributed by atoms with E-state index in [9.17, 15) is 9.59 Å². The van der Waals surface area contributed by atoms with Gasteiger partial charge < -0.3 is 19.3 Å². The maximum Gasteiger partial charge on any atom is 0.254 e. The minimum atomic E-state index is -0.276. The average molecular weight is 434 g/mol. The highest BCUT2D eigenvalue weighted by Crippen LogP contribution is 2.28. The van der Waals surface area contributed by atoms with Gasteiger partial charge in [0.15, 0.2) is 0 Å². The van der Waals surface area contributed by atoms with E-state index in [1.165, 1.54) is 17.0 Å². The SMILES string of the molecule is COc1ccccc1-c1cc(=O)n(CC(=O)N2CCN(c3ccccc3OC)CC2)cn1. The molecule has 166 valence electrons. The largest absolute Gasteiger partial charge is 0.496 e. The van der Waals surface area contributed by atoms with Gasteiger partial charge in [-0.05, 0) is 24.3 Å². The number of methoxy groups -OCH3 is 2. The highest BCUT2D eigenvalue weighted by Gasteiger charge is 2.23. The van der Waals surface area contributed by atoms with E-state index in [2.05, 4.69) is 9.88 Å². The fourth-order valence-corrected chi connectivity index (χ4v) is 3.88. The monoisotopic (exact) mass is 434 g/mol. The number of benzene rings is 2. The Balaban J connectivity index is 1.41. The molecule has 1 aromatic heterocycles. The fourth-order valence-electron chi connectivity index (χ4n) is 3.88. The van der Waals surface area contributed by atoms with E-state index in [1.54, 1.807) is 19.1 Å². The number of rotatable bonds is 6. The van der Waals surface area contributed by atoms with Crippen molar-refractivity contribution in [2.45, 2.75) is 6.54 Å². The zero-order valence-corrected chi connectivity index (χ0v) is 18.2. The van der Waals surface area contributed by atoms with Crippen molar-refractivity contribution >= 4 is 11.6 Å². The molecular weight excluding hydrogens is 408 g/mol. The summed E-state index contributed by atoms with van der Waals surface area (Å²) in [5.41, 5.74) is 2.00. The predicted molar refractivity (Wildman–Crippen MR) is 122 cm³/mol. The van der Waals surface area contributed by atoms with Gasteiger partial charge >= 0.3 is 0 Å². The number of carbonyl (C=O) groups excluding carboxylic acids is 1. The van der Waals surface area contributed by atoms with Crippen molar-refractivity contribution in [3.05, 3.63) is 71.3 Å². The quantitative estimate of drug-likeness (QED) is 0.593. The van der Waals surface area contributed by atoms with Crippen molar-refractivity contribution in [1.82, 2.24) is 14.5 Å². The molecule has 32 heavy (non-hydrogen) atoms. The van der Waals surface area contributed by atoms with Gasteiger partial charge in [-0.2, -0.15) is 0 Å². The van der Waals surface area contributed by atoms with Crippen LogP contribution in [-0.4, -0.2) is 60.8 Å². The van der Waals surface area contributed by atoms with Crippen LogP contribution in [0.15, 0.2) is 65.7 Å². The van der Waals surface area contributed by atoms with Gasteiger partial charge in [-0.3, -0.25) is 14.2 Å². The molecular formula is C24H26N4O4. The summed E-state index contributed by atoms with van der Waals surface area (Å²) in [4.78, 5) is 33.8. The number of nitrogens with zero attached hydrogens (tertiary/aromatic N) is 4. The molecule has 1 aliphatic rings. The van der Waals surface area contributed by atoms with Crippen molar-refractivity contribution in [3.8, 4) is 22.8 Å². The normalized spacial score (nSPS) is 13.7. The number of amides is 1. The van der Waals surface area contributed by atoms with Crippen LogP contribution in [0.4, 0.5) is 5.69 Å². The molecule has 8 heteroatoms. The molecule has 0 bridgehead atoms. The van der Waals surface area contributed by atoms with Gasteiger partial charge in [-0.15, -0.1) is 0 Å². The molecule has 0 spiro atoms. The molecule has 0 atom stereocenters. The minimum absolute atomic E-state index is 0.0350. The van der Waals surface area contributed by atoms with Crippen molar-refractivity contribution in [2.75, 3.05) is 45.3 Å². The Bertz CT molecular complexity index is 1150. The Labute approximate surface area is 186 Å². The lowest BCUT2D eigenvalue weighted by molar-refractivity contribution is -0.132. The number of anilines is 1. The number of ether oxygens (including phenoxy) is 2. The van der Waals surface area contributed by atoms with Gasteiger partial charge in [0.05, 0.1) is 31.9 Å². The topological polar surface area (TPSA) is 76.9 Å². The number of piperazine rings is 1. The zero-order valence-electron chi connectivity index (χ0n) is 18.2. The molecule has 4 rings (SSSR count). The van der Waals surface area contributed by atoms with Gasteiger partial charge in [-0.1, -0.05) is 24.3 Å². The molecule has 1 fully saturated rings.